The fourth-order valence-corrected chi connectivity index (χ4v) is 2.08. The number of nitrogens with zero attached hydrogens (tertiary/aromatic N) is 1. The molecule has 24 heavy (non-hydrogen) atoms. The van der Waals surface area contributed by atoms with Crippen molar-refractivity contribution in [1.82, 2.24) is 5.23 Å². The van der Waals surface area contributed by atoms with Crippen LogP contribution in [0.15, 0.2) is 54.6 Å². The van der Waals surface area contributed by atoms with E-state index in [1.807, 2.05) is 49.4 Å². The molecule has 0 aliphatic carbocycles. The van der Waals surface area contributed by atoms with Gasteiger partial charge in [-0.15, -0.1) is 0 Å². The lowest BCUT2D eigenvalue weighted by molar-refractivity contribution is -0.307. The van der Waals surface area contributed by atoms with Crippen LogP contribution in [0.5, 0.6) is 0 Å². The second-order valence-corrected chi connectivity index (χ2v) is 5.28. The van der Waals surface area contributed by atoms with Gasteiger partial charge in [0.15, 0.2) is 0 Å². The summed E-state index contributed by atoms with van der Waals surface area (Å²) in [6.07, 6.45) is 1.67. The summed E-state index contributed by atoms with van der Waals surface area (Å²) in [5, 5.41) is 0.662. The Morgan fingerprint density at radius 3 is 2.17 bits per heavy atom. The molecule has 0 aliphatic heterocycles. The molecule has 1 amide bonds. The highest BCUT2D eigenvalue weighted by Gasteiger charge is 2.20. The molecule has 2 aromatic carbocycles. The first-order valence-corrected chi connectivity index (χ1v) is 7.93. The minimum Gasteiger partial charge on any atom is -0.312 e. The molecule has 2 aromatic rings. The van der Waals surface area contributed by atoms with Gasteiger partial charge in [-0.05, 0) is 34.9 Å². The van der Waals surface area contributed by atoms with E-state index in [-0.39, 0.29) is 0 Å². The second-order valence-electron chi connectivity index (χ2n) is 5.28. The third-order valence-corrected chi connectivity index (χ3v) is 3.32. The molecule has 0 bridgehead atoms. The molecule has 0 unspecified atom stereocenters. The molecule has 0 atom stereocenters. The quantitative estimate of drug-likeness (QED) is 0.594. The summed E-state index contributed by atoms with van der Waals surface area (Å²) in [5.41, 5.74) is 2.44. The minimum atomic E-state index is -0.610. The fourth-order valence-electron chi connectivity index (χ4n) is 2.08. The SMILES string of the molecule is CCCCON(OC(C)=O)C(=O)c1ccc(-c2ccccc2)cc1. The molecule has 0 saturated carbocycles. The highest BCUT2D eigenvalue weighted by atomic mass is 17.0. The van der Waals surface area contributed by atoms with Gasteiger partial charge >= 0.3 is 11.9 Å². The number of unbranched alkanes of at least 4 members (excludes halogenated alkanes) is 1. The van der Waals surface area contributed by atoms with E-state index in [1.165, 1.54) is 6.92 Å². The largest absolute Gasteiger partial charge is 0.332 e. The van der Waals surface area contributed by atoms with Crippen molar-refractivity contribution in [2.45, 2.75) is 26.7 Å². The van der Waals surface area contributed by atoms with Crippen LogP contribution >= 0.6 is 0 Å². The van der Waals surface area contributed by atoms with E-state index in [0.29, 0.717) is 17.4 Å². The van der Waals surface area contributed by atoms with Gasteiger partial charge in [0.05, 0.1) is 6.61 Å². The third-order valence-electron chi connectivity index (χ3n) is 3.32. The van der Waals surface area contributed by atoms with Gasteiger partial charge in [0.1, 0.15) is 0 Å². The van der Waals surface area contributed by atoms with E-state index in [0.717, 1.165) is 24.0 Å². The number of carbonyl (C=O) groups is 2. The zero-order chi connectivity index (χ0) is 17.4. The molecule has 0 N–H and O–H groups in total. The zero-order valence-electron chi connectivity index (χ0n) is 13.9. The Hall–Kier alpha value is -2.66. The van der Waals surface area contributed by atoms with Gasteiger partial charge < -0.3 is 4.84 Å². The van der Waals surface area contributed by atoms with Crippen LogP contribution in [0.4, 0.5) is 0 Å². The third kappa shape index (κ3) is 4.93. The Balaban J connectivity index is 2.12. The van der Waals surface area contributed by atoms with Gasteiger partial charge in [0.25, 0.3) is 0 Å². The van der Waals surface area contributed by atoms with Gasteiger partial charge in [0, 0.05) is 12.5 Å². The molecule has 0 saturated heterocycles. The smallest absolute Gasteiger partial charge is 0.312 e. The van der Waals surface area contributed by atoms with E-state index in [2.05, 4.69) is 0 Å². The molecule has 0 fully saturated rings. The second kappa shape index (κ2) is 8.84. The predicted molar refractivity (Wildman–Crippen MR) is 90.7 cm³/mol. The fraction of sp³-hybridized carbons (Fsp3) is 0.263. The van der Waals surface area contributed by atoms with Crippen molar-refractivity contribution in [2.24, 2.45) is 0 Å². The maximum Gasteiger partial charge on any atom is 0.332 e. The first-order chi connectivity index (χ1) is 11.6. The Kier molecular flexibility index (Phi) is 6.51. The number of hydrogen-bond acceptors (Lipinski definition) is 4. The van der Waals surface area contributed by atoms with Crippen molar-refractivity contribution in [3.63, 3.8) is 0 Å². The highest BCUT2D eigenvalue weighted by molar-refractivity contribution is 5.94. The van der Waals surface area contributed by atoms with Crippen molar-refractivity contribution in [2.75, 3.05) is 6.61 Å². The van der Waals surface area contributed by atoms with Gasteiger partial charge in [-0.1, -0.05) is 55.8 Å². The van der Waals surface area contributed by atoms with Crippen molar-refractivity contribution >= 4 is 11.9 Å². The van der Waals surface area contributed by atoms with Gasteiger partial charge in [0.2, 0.25) is 0 Å². The predicted octanol–water partition coefficient (Wildman–Crippen LogP) is 4.01. The summed E-state index contributed by atoms with van der Waals surface area (Å²) in [6.45, 7) is 3.53. The molecular weight excluding hydrogens is 306 g/mol. The number of benzene rings is 2. The first kappa shape index (κ1) is 17.7. The lowest BCUT2D eigenvalue weighted by Crippen LogP contribution is -2.33. The van der Waals surface area contributed by atoms with Crippen LogP contribution in [0.1, 0.15) is 37.0 Å². The monoisotopic (exact) mass is 327 g/mol. The van der Waals surface area contributed by atoms with Crippen molar-refractivity contribution < 1.29 is 19.3 Å². The molecule has 2 rings (SSSR count). The summed E-state index contributed by atoms with van der Waals surface area (Å²) >= 11 is 0. The van der Waals surface area contributed by atoms with E-state index in [1.54, 1.807) is 12.1 Å². The Morgan fingerprint density at radius 2 is 1.58 bits per heavy atom. The standard InChI is InChI=1S/C19H21NO4/c1-3-4-14-23-20(24-15(2)21)19(22)18-12-10-17(11-13-18)16-8-6-5-7-9-16/h5-13H,3-4,14H2,1-2H3. The molecule has 5 nitrogen and oxygen atoms in total. The average molecular weight is 327 g/mol. The maximum absolute atomic E-state index is 12.4. The molecule has 0 aliphatic rings. The van der Waals surface area contributed by atoms with Crippen LogP contribution in [0.3, 0.4) is 0 Å². The Morgan fingerprint density at radius 1 is 0.958 bits per heavy atom. The van der Waals surface area contributed by atoms with Gasteiger partial charge in [-0.2, -0.15) is 0 Å². The molecule has 0 heterocycles. The lowest BCUT2D eigenvalue weighted by atomic mass is 10.0. The van der Waals surface area contributed by atoms with Crippen LogP contribution in [0, 0.1) is 0 Å². The van der Waals surface area contributed by atoms with Crippen LogP contribution in [0.2, 0.25) is 0 Å². The summed E-state index contributed by atoms with van der Waals surface area (Å²) in [4.78, 5) is 33.7. The molecule has 0 aromatic heterocycles. The van der Waals surface area contributed by atoms with E-state index in [4.69, 9.17) is 9.68 Å². The number of hydrogen-bond donors (Lipinski definition) is 0. The summed E-state index contributed by atoms with van der Waals surface area (Å²) in [6, 6.07) is 16.9. The summed E-state index contributed by atoms with van der Waals surface area (Å²) in [5.74, 6) is -1.12. The molecular formula is C19H21NO4. The van der Waals surface area contributed by atoms with E-state index in [9.17, 15) is 9.59 Å². The minimum absolute atomic E-state index is 0.303. The Labute approximate surface area is 141 Å². The van der Waals surface area contributed by atoms with Crippen molar-refractivity contribution in [1.29, 1.82) is 0 Å². The van der Waals surface area contributed by atoms with Crippen LogP contribution in [-0.4, -0.2) is 23.7 Å². The topological polar surface area (TPSA) is 55.8 Å². The maximum atomic E-state index is 12.4. The Bertz CT molecular complexity index is 668. The van der Waals surface area contributed by atoms with Crippen LogP contribution in [-0.2, 0) is 14.5 Å². The van der Waals surface area contributed by atoms with Crippen molar-refractivity contribution in [3.8, 4) is 11.1 Å². The van der Waals surface area contributed by atoms with E-state index < -0.39 is 11.9 Å². The van der Waals surface area contributed by atoms with Crippen LogP contribution < -0.4 is 0 Å². The summed E-state index contributed by atoms with van der Waals surface area (Å²) in [7, 11) is 0. The number of carbonyl (C=O) groups excluding carboxylic acids is 2. The highest BCUT2D eigenvalue weighted by Crippen LogP contribution is 2.20. The molecule has 0 spiro atoms. The normalized spacial score (nSPS) is 10.2. The molecule has 0 radical (unpaired) electrons. The molecule has 5 heteroatoms. The van der Waals surface area contributed by atoms with Crippen molar-refractivity contribution in [3.05, 3.63) is 60.2 Å². The number of hydroxylamine groups is 2. The zero-order valence-corrected chi connectivity index (χ0v) is 13.9. The lowest BCUT2D eigenvalue weighted by Gasteiger charge is -2.19. The molecule has 126 valence electrons. The van der Waals surface area contributed by atoms with Gasteiger partial charge in [-0.3, -0.25) is 4.79 Å². The number of rotatable bonds is 6. The average Bonchev–Trinajstić information content (AvgIpc) is 2.61. The van der Waals surface area contributed by atoms with Crippen LogP contribution in [0.25, 0.3) is 11.1 Å². The van der Waals surface area contributed by atoms with E-state index >= 15 is 0 Å². The van der Waals surface area contributed by atoms with Gasteiger partial charge in [-0.25, -0.2) is 9.63 Å². The number of amides is 1. The summed E-state index contributed by atoms with van der Waals surface area (Å²) < 4.78 is 0. The first-order valence-electron chi connectivity index (χ1n) is 7.93.